The monoisotopic (exact) mass is 189 g/mol. The summed E-state index contributed by atoms with van der Waals surface area (Å²) < 4.78 is 0. The highest BCUT2D eigenvalue weighted by Gasteiger charge is 2.53. The van der Waals surface area contributed by atoms with Crippen molar-refractivity contribution in [1.82, 2.24) is 0 Å². The summed E-state index contributed by atoms with van der Waals surface area (Å²) in [5.74, 6) is 1.37. The Morgan fingerprint density at radius 2 is 2.14 bits per heavy atom. The average molecular weight is 189 g/mol. The van der Waals surface area contributed by atoms with Gasteiger partial charge in [-0.25, -0.2) is 0 Å². The molecule has 0 saturated heterocycles. The van der Waals surface area contributed by atoms with Gasteiger partial charge in [-0.1, -0.05) is 43.7 Å². The maximum atomic E-state index is 6.38. The Hall–Kier alpha value is -0.820. The Morgan fingerprint density at radius 3 is 2.64 bits per heavy atom. The molecule has 2 N–H and O–H groups in total. The molecule has 0 amide bonds. The Labute approximate surface area is 86.3 Å². The summed E-state index contributed by atoms with van der Waals surface area (Å²) in [7, 11) is 0. The number of hydrogen-bond donors (Lipinski definition) is 1. The zero-order valence-electron chi connectivity index (χ0n) is 9.25. The SMILES string of the molecule is Cc1cccc(C2(N)CC2C(C)C)c1. The fraction of sp³-hybridized carbons (Fsp3) is 0.538. The maximum absolute atomic E-state index is 6.38. The van der Waals surface area contributed by atoms with Gasteiger partial charge in [0.05, 0.1) is 0 Å². The third-order valence-electron chi connectivity index (χ3n) is 3.42. The molecular formula is C13H19N. The molecule has 1 saturated carbocycles. The molecule has 1 fully saturated rings. The molecule has 2 unspecified atom stereocenters. The highest BCUT2D eigenvalue weighted by atomic mass is 14.9. The van der Waals surface area contributed by atoms with Gasteiger partial charge in [-0.05, 0) is 30.7 Å². The molecule has 1 aliphatic carbocycles. The molecule has 2 atom stereocenters. The lowest BCUT2D eigenvalue weighted by atomic mass is 9.97. The molecule has 0 radical (unpaired) electrons. The third kappa shape index (κ3) is 1.46. The standard InChI is InChI=1S/C13H19N/c1-9(2)12-8-13(12,14)11-6-4-5-10(3)7-11/h4-7,9,12H,8,14H2,1-3H3. The fourth-order valence-electron chi connectivity index (χ4n) is 2.40. The van der Waals surface area contributed by atoms with Crippen LogP contribution >= 0.6 is 0 Å². The van der Waals surface area contributed by atoms with Crippen LogP contribution in [-0.4, -0.2) is 0 Å². The van der Waals surface area contributed by atoms with Gasteiger partial charge in [0, 0.05) is 5.54 Å². The summed E-state index contributed by atoms with van der Waals surface area (Å²) >= 11 is 0. The van der Waals surface area contributed by atoms with Gasteiger partial charge in [0.25, 0.3) is 0 Å². The van der Waals surface area contributed by atoms with Crippen molar-refractivity contribution in [2.75, 3.05) is 0 Å². The van der Waals surface area contributed by atoms with E-state index < -0.39 is 0 Å². The van der Waals surface area contributed by atoms with E-state index in [-0.39, 0.29) is 5.54 Å². The molecule has 0 heterocycles. The fourth-order valence-corrected chi connectivity index (χ4v) is 2.40. The minimum Gasteiger partial charge on any atom is -0.321 e. The van der Waals surface area contributed by atoms with Gasteiger partial charge in [0.2, 0.25) is 0 Å². The molecule has 1 aromatic carbocycles. The molecule has 1 nitrogen and oxygen atoms in total. The largest absolute Gasteiger partial charge is 0.321 e. The number of rotatable bonds is 2. The van der Waals surface area contributed by atoms with E-state index in [1.54, 1.807) is 0 Å². The van der Waals surface area contributed by atoms with Crippen LogP contribution in [0, 0.1) is 18.8 Å². The molecule has 2 rings (SSSR count). The maximum Gasteiger partial charge on any atom is 0.0445 e. The predicted molar refractivity (Wildman–Crippen MR) is 60.0 cm³/mol. The number of aryl methyl sites for hydroxylation is 1. The van der Waals surface area contributed by atoms with Crippen molar-refractivity contribution in [3.8, 4) is 0 Å². The Morgan fingerprint density at radius 1 is 1.43 bits per heavy atom. The zero-order chi connectivity index (χ0) is 10.3. The van der Waals surface area contributed by atoms with Gasteiger partial charge in [0.15, 0.2) is 0 Å². The van der Waals surface area contributed by atoms with Gasteiger partial charge >= 0.3 is 0 Å². The molecule has 0 aromatic heterocycles. The first-order valence-electron chi connectivity index (χ1n) is 5.40. The highest BCUT2D eigenvalue weighted by Crippen LogP contribution is 2.53. The third-order valence-corrected chi connectivity index (χ3v) is 3.42. The van der Waals surface area contributed by atoms with Crippen LogP contribution in [0.3, 0.4) is 0 Å². The van der Waals surface area contributed by atoms with Crippen molar-refractivity contribution >= 4 is 0 Å². The Kier molecular flexibility index (Phi) is 2.15. The predicted octanol–water partition coefficient (Wildman–Crippen LogP) is 2.82. The van der Waals surface area contributed by atoms with Crippen molar-refractivity contribution in [1.29, 1.82) is 0 Å². The summed E-state index contributed by atoms with van der Waals surface area (Å²) in [4.78, 5) is 0. The van der Waals surface area contributed by atoms with Crippen LogP contribution < -0.4 is 5.73 Å². The van der Waals surface area contributed by atoms with Crippen molar-refractivity contribution in [2.24, 2.45) is 17.6 Å². The van der Waals surface area contributed by atoms with Crippen molar-refractivity contribution in [2.45, 2.75) is 32.7 Å². The smallest absolute Gasteiger partial charge is 0.0445 e. The van der Waals surface area contributed by atoms with E-state index in [0.29, 0.717) is 11.8 Å². The van der Waals surface area contributed by atoms with E-state index >= 15 is 0 Å². The average Bonchev–Trinajstić information content (AvgIpc) is 2.80. The van der Waals surface area contributed by atoms with E-state index in [9.17, 15) is 0 Å². The van der Waals surface area contributed by atoms with Crippen LogP contribution in [0.15, 0.2) is 24.3 Å². The number of hydrogen-bond acceptors (Lipinski definition) is 1. The minimum atomic E-state index is -0.0276. The molecular weight excluding hydrogens is 170 g/mol. The summed E-state index contributed by atoms with van der Waals surface area (Å²) in [5.41, 5.74) is 8.98. The second-order valence-corrected chi connectivity index (χ2v) is 4.96. The molecule has 1 aromatic rings. The summed E-state index contributed by atoms with van der Waals surface area (Å²) in [5, 5.41) is 0. The topological polar surface area (TPSA) is 26.0 Å². The first-order chi connectivity index (χ1) is 6.54. The summed E-state index contributed by atoms with van der Waals surface area (Å²) in [6.45, 7) is 6.64. The van der Waals surface area contributed by atoms with E-state index in [2.05, 4.69) is 45.0 Å². The first kappa shape index (κ1) is 9.72. The molecule has 14 heavy (non-hydrogen) atoms. The highest BCUT2D eigenvalue weighted by molar-refractivity contribution is 5.34. The van der Waals surface area contributed by atoms with Crippen LogP contribution in [0.1, 0.15) is 31.4 Å². The van der Waals surface area contributed by atoms with Crippen molar-refractivity contribution in [3.63, 3.8) is 0 Å². The van der Waals surface area contributed by atoms with E-state index in [4.69, 9.17) is 5.73 Å². The van der Waals surface area contributed by atoms with Crippen LogP contribution in [-0.2, 0) is 5.54 Å². The van der Waals surface area contributed by atoms with Gasteiger partial charge in [-0.15, -0.1) is 0 Å². The molecule has 1 heteroatoms. The summed E-state index contributed by atoms with van der Waals surface area (Å²) in [6, 6.07) is 8.62. The lowest BCUT2D eigenvalue weighted by Gasteiger charge is -2.14. The Balaban J connectivity index is 2.25. The molecule has 0 aliphatic heterocycles. The number of nitrogens with two attached hydrogens (primary N) is 1. The summed E-state index contributed by atoms with van der Waals surface area (Å²) in [6.07, 6.45) is 1.15. The lowest BCUT2D eigenvalue weighted by molar-refractivity contribution is 0.488. The first-order valence-corrected chi connectivity index (χ1v) is 5.40. The van der Waals surface area contributed by atoms with Crippen LogP contribution in [0.4, 0.5) is 0 Å². The van der Waals surface area contributed by atoms with Gasteiger partial charge in [-0.3, -0.25) is 0 Å². The molecule has 1 aliphatic rings. The molecule has 0 spiro atoms. The van der Waals surface area contributed by atoms with Crippen molar-refractivity contribution < 1.29 is 0 Å². The van der Waals surface area contributed by atoms with Crippen LogP contribution in [0.25, 0.3) is 0 Å². The second-order valence-electron chi connectivity index (χ2n) is 4.96. The van der Waals surface area contributed by atoms with E-state index in [1.165, 1.54) is 11.1 Å². The van der Waals surface area contributed by atoms with Gasteiger partial charge < -0.3 is 5.73 Å². The minimum absolute atomic E-state index is 0.0276. The molecule has 76 valence electrons. The van der Waals surface area contributed by atoms with E-state index in [0.717, 1.165) is 6.42 Å². The van der Waals surface area contributed by atoms with E-state index in [1.807, 2.05) is 0 Å². The second kappa shape index (κ2) is 3.09. The normalized spacial score (nSPS) is 30.8. The number of benzene rings is 1. The van der Waals surface area contributed by atoms with Crippen molar-refractivity contribution in [3.05, 3.63) is 35.4 Å². The van der Waals surface area contributed by atoms with Crippen LogP contribution in [0.5, 0.6) is 0 Å². The van der Waals surface area contributed by atoms with Crippen LogP contribution in [0.2, 0.25) is 0 Å². The zero-order valence-corrected chi connectivity index (χ0v) is 9.25. The lowest BCUT2D eigenvalue weighted by Crippen LogP contribution is -2.23. The Bertz CT molecular complexity index is 343. The van der Waals surface area contributed by atoms with Gasteiger partial charge in [0.1, 0.15) is 0 Å². The van der Waals surface area contributed by atoms with Gasteiger partial charge in [-0.2, -0.15) is 0 Å². The molecule has 0 bridgehead atoms. The quantitative estimate of drug-likeness (QED) is 0.760.